The van der Waals surface area contributed by atoms with Crippen LogP contribution < -0.4 is 4.74 Å². The normalized spacial score (nSPS) is 14.4. The monoisotopic (exact) mass is 400 g/mol. The van der Waals surface area contributed by atoms with Crippen LogP contribution in [0.5, 0.6) is 11.5 Å². The number of likely N-dealkylation sites (tertiary alicyclic amines) is 1. The summed E-state index contributed by atoms with van der Waals surface area (Å²) >= 11 is 0. The lowest BCUT2D eigenvalue weighted by molar-refractivity contribution is 0.0587. The first-order chi connectivity index (χ1) is 13.9. The standard InChI is InChI=1S/C19H21BN2O7/c23-17-12(8-9-20(26)27)6-7-15(16(17)19(24)25)29-14-10-22(11-14)18(21-28)13-4-2-1-3-5-13/h1-7,14,23,26-28H,8-11H2,(H,24,25). The Labute approximate surface area is 167 Å². The number of benzene rings is 2. The Bertz CT molecular complexity index is 899. The Balaban J connectivity index is 1.70. The molecule has 0 aliphatic carbocycles. The number of nitrogens with zero attached hydrogens (tertiary/aromatic N) is 2. The van der Waals surface area contributed by atoms with Crippen molar-refractivity contribution in [1.29, 1.82) is 0 Å². The van der Waals surface area contributed by atoms with E-state index in [-0.39, 0.29) is 35.7 Å². The molecule has 0 saturated carbocycles. The summed E-state index contributed by atoms with van der Waals surface area (Å²) < 4.78 is 5.75. The average Bonchev–Trinajstić information content (AvgIpc) is 2.66. The van der Waals surface area contributed by atoms with E-state index in [0.717, 1.165) is 5.56 Å². The maximum atomic E-state index is 11.6. The molecule has 9 nitrogen and oxygen atoms in total. The molecule has 29 heavy (non-hydrogen) atoms. The molecular formula is C19H21BN2O7. The number of rotatable bonds is 7. The number of hydrogen-bond donors (Lipinski definition) is 5. The van der Waals surface area contributed by atoms with Crippen LogP contribution in [0.3, 0.4) is 0 Å². The fraction of sp³-hybridized carbons (Fsp3) is 0.263. The van der Waals surface area contributed by atoms with Gasteiger partial charge in [0, 0.05) is 5.56 Å². The summed E-state index contributed by atoms with van der Waals surface area (Å²) in [7, 11) is -1.55. The van der Waals surface area contributed by atoms with Crippen molar-refractivity contribution < 1.29 is 35.0 Å². The number of carboxylic acids is 1. The van der Waals surface area contributed by atoms with E-state index in [1.165, 1.54) is 12.1 Å². The Morgan fingerprint density at radius 2 is 1.86 bits per heavy atom. The summed E-state index contributed by atoms with van der Waals surface area (Å²) in [5.41, 5.74) is 0.664. The van der Waals surface area contributed by atoms with Gasteiger partial charge in [-0.25, -0.2) is 4.79 Å². The summed E-state index contributed by atoms with van der Waals surface area (Å²) in [6.45, 7) is 0.763. The average molecular weight is 400 g/mol. The van der Waals surface area contributed by atoms with Crippen LogP contribution in [0.4, 0.5) is 0 Å². The van der Waals surface area contributed by atoms with E-state index >= 15 is 0 Å². The molecule has 0 unspecified atom stereocenters. The molecule has 0 amide bonds. The first-order valence-corrected chi connectivity index (χ1v) is 9.04. The highest BCUT2D eigenvalue weighted by molar-refractivity contribution is 6.41. The molecule has 1 saturated heterocycles. The van der Waals surface area contributed by atoms with Gasteiger partial charge in [-0.15, -0.1) is 0 Å². The molecule has 1 aliphatic rings. The van der Waals surface area contributed by atoms with Crippen LogP contribution in [-0.4, -0.2) is 68.5 Å². The van der Waals surface area contributed by atoms with Gasteiger partial charge < -0.3 is 35.1 Å². The largest absolute Gasteiger partial charge is 0.507 e. The van der Waals surface area contributed by atoms with Gasteiger partial charge >= 0.3 is 13.1 Å². The number of aryl methyl sites for hydroxylation is 1. The van der Waals surface area contributed by atoms with Crippen molar-refractivity contribution in [3.05, 3.63) is 59.2 Å². The van der Waals surface area contributed by atoms with Gasteiger partial charge in [0.15, 0.2) is 5.84 Å². The van der Waals surface area contributed by atoms with Gasteiger partial charge in [0.1, 0.15) is 23.2 Å². The summed E-state index contributed by atoms with van der Waals surface area (Å²) in [6.07, 6.45) is -0.278. The van der Waals surface area contributed by atoms with Crippen molar-refractivity contribution in [2.75, 3.05) is 13.1 Å². The third-order valence-corrected chi connectivity index (χ3v) is 4.68. The van der Waals surface area contributed by atoms with Crippen molar-refractivity contribution >= 4 is 18.9 Å². The van der Waals surface area contributed by atoms with Crippen LogP contribution in [0.1, 0.15) is 21.5 Å². The Morgan fingerprint density at radius 1 is 1.17 bits per heavy atom. The smallest absolute Gasteiger partial charge is 0.451 e. The second kappa shape index (κ2) is 8.85. The van der Waals surface area contributed by atoms with Crippen LogP contribution in [-0.2, 0) is 6.42 Å². The number of phenols is 1. The molecule has 0 spiro atoms. The van der Waals surface area contributed by atoms with E-state index in [1.54, 1.807) is 4.90 Å². The Hall–Kier alpha value is -3.24. The highest BCUT2D eigenvalue weighted by Gasteiger charge is 2.33. The lowest BCUT2D eigenvalue weighted by atomic mass is 9.82. The van der Waals surface area contributed by atoms with Crippen molar-refractivity contribution in [2.45, 2.75) is 18.8 Å². The van der Waals surface area contributed by atoms with Crippen LogP contribution in [0.15, 0.2) is 47.6 Å². The van der Waals surface area contributed by atoms with E-state index < -0.39 is 18.8 Å². The van der Waals surface area contributed by atoms with Crippen LogP contribution in [0.2, 0.25) is 6.32 Å². The van der Waals surface area contributed by atoms with E-state index in [4.69, 9.17) is 14.8 Å². The second-order valence-corrected chi connectivity index (χ2v) is 6.71. The molecule has 3 rings (SSSR count). The molecule has 2 aromatic rings. The first kappa shape index (κ1) is 20.5. The molecule has 1 aliphatic heterocycles. The Kier molecular flexibility index (Phi) is 6.25. The molecule has 2 aromatic carbocycles. The van der Waals surface area contributed by atoms with Crippen molar-refractivity contribution in [3.8, 4) is 11.5 Å². The molecular weight excluding hydrogens is 379 g/mol. The summed E-state index contributed by atoms with van der Waals surface area (Å²) in [6, 6.07) is 12.1. The molecule has 1 heterocycles. The number of carbonyl (C=O) groups is 1. The van der Waals surface area contributed by atoms with E-state index in [2.05, 4.69) is 5.16 Å². The Morgan fingerprint density at radius 3 is 2.45 bits per heavy atom. The quantitative estimate of drug-likeness (QED) is 0.152. The van der Waals surface area contributed by atoms with Gasteiger partial charge in [0.25, 0.3) is 0 Å². The van der Waals surface area contributed by atoms with Crippen molar-refractivity contribution in [2.24, 2.45) is 5.16 Å². The predicted octanol–water partition coefficient (Wildman–Crippen LogP) is 1.00. The lowest BCUT2D eigenvalue weighted by Crippen LogP contribution is -2.56. The zero-order valence-electron chi connectivity index (χ0n) is 15.5. The maximum Gasteiger partial charge on any atom is 0.451 e. The number of oxime groups is 1. The highest BCUT2D eigenvalue weighted by Crippen LogP contribution is 2.34. The predicted molar refractivity (Wildman–Crippen MR) is 105 cm³/mol. The lowest BCUT2D eigenvalue weighted by Gasteiger charge is -2.40. The van der Waals surface area contributed by atoms with Crippen molar-refractivity contribution in [3.63, 3.8) is 0 Å². The summed E-state index contributed by atoms with van der Waals surface area (Å²) in [5.74, 6) is -1.38. The molecule has 1 fully saturated rings. The van der Waals surface area contributed by atoms with Crippen molar-refractivity contribution in [1.82, 2.24) is 4.90 Å². The van der Waals surface area contributed by atoms with Gasteiger partial charge in [-0.2, -0.15) is 0 Å². The topological polar surface area (TPSA) is 143 Å². The fourth-order valence-electron chi connectivity index (χ4n) is 3.16. The van der Waals surface area contributed by atoms with Gasteiger partial charge in [-0.05, 0) is 24.4 Å². The number of carboxylic acid groups (broad SMARTS) is 1. The fourth-order valence-corrected chi connectivity index (χ4v) is 3.16. The summed E-state index contributed by atoms with van der Waals surface area (Å²) in [5, 5.41) is 50.4. The van der Waals surface area contributed by atoms with Crippen LogP contribution >= 0.6 is 0 Å². The highest BCUT2D eigenvalue weighted by atomic mass is 16.5. The first-order valence-electron chi connectivity index (χ1n) is 9.04. The second-order valence-electron chi connectivity index (χ2n) is 6.71. The number of amidine groups is 1. The minimum Gasteiger partial charge on any atom is -0.507 e. The molecule has 0 atom stereocenters. The number of aromatic hydroxyl groups is 1. The van der Waals surface area contributed by atoms with Gasteiger partial charge in [0.05, 0.1) is 13.1 Å². The summed E-state index contributed by atoms with van der Waals surface area (Å²) in [4.78, 5) is 13.4. The minimum absolute atomic E-state index is 0.0233. The van der Waals surface area contributed by atoms with Crippen LogP contribution in [0, 0.1) is 0 Å². The number of aromatic carboxylic acids is 1. The third-order valence-electron chi connectivity index (χ3n) is 4.68. The zero-order valence-corrected chi connectivity index (χ0v) is 15.5. The molecule has 152 valence electrons. The number of hydrogen-bond acceptors (Lipinski definition) is 7. The number of ether oxygens (including phenoxy) is 1. The minimum atomic E-state index is -1.55. The van der Waals surface area contributed by atoms with Gasteiger partial charge in [-0.1, -0.05) is 41.6 Å². The van der Waals surface area contributed by atoms with Gasteiger partial charge in [0.2, 0.25) is 0 Å². The molecule has 0 radical (unpaired) electrons. The molecule has 10 heteroatoms. The maximum absolute atomic E-state index is 11.6. The molecule has 0 aromatic heterocycles. The molecule has 5 N–H and O–H groups in total. The van der Waals surface area contributed by atoms with E-state index in [0.29, 0.717) is 18.9 Å². The van der Waals surface area contributed by atoms with Crippen LogP contribution in [0.25, 0.3) is 0 Å². The molecule has 0 bridgehead atoms. The van der Waals surface area contributed by atoms with E-state index in [9.17, 15) is 20.2 Å². The SMILES string of the molecule is O=C(O)c1c(OC2CN(C(=NO)c3ccccc3)C2)ccc(CCB(O)O)c1O. The van der Waals surface area contributed by atoms with Gasteiger partial charge in [-0.3, -0.25) is 0 Å². The zero-order chi connectivity index (χ0) is 21.0. The third kappa shape index (κ3) is 4.61. The van der Waals surface area contributed by atoms with E-state index in [1.807, 2.05) is 30.3 Å².